The van der Waals surface area contributed by atoms with E-state index in [2.05, 4.69) is 5.73 Å². The quantitative estimate of drug-likeness (QED) is 0.526. The third-order valence-electron chi connectivity index (χ3n) is 1.17. The zero-order valence-corrected chi connectivity index (χ0v) is 4.03. The zero-order valence-electron chi connectivity index (χ0n) is 4.03. The van der Waals surface area contributed by atoms with Crippen molar-refractivity contribution >= 4 is 5.91 Å². The highest BCUT2D eigenvalue weighted by atomic mass is 19.3. The second-order valence-electron chi connectivity index (χ2n) is 1.92. The third-order valence-corrected chi connectivity index (χ3v) is 1.17. The minimum absolute atomic E-state index is 0.359. The maximum Gasteiger partial charge on any atom is 0.260 e. The normalized spacial score (nSPS) is 32.0. The molecule has 46 valence electrons. The first-order chi connectivity index (χ1) is 3.54. The first-order valence-electron chi connectivity index (χ1n) is 2.21. The summed E-state index contributed by atoms with van der Waals surface area (Å²) in [4.78, 5) is 9.92. The summed E-state index contributed by atoms with van der Waals surface area (Å²) in [6, 6.07) is 0. The highest BCUT2D eigenvalue weighted by Gasteiger charge is 2.60. The number of hydrogen-bond donors (Lipinski definition) is 1. The van der Waals surface area contributed by atoms with Gasteiger partial charge in [-0.15, -0.1) is 0 Å². The molecule has 2 nitrogen and oxygen atoms in total. The Hall–Kier alpha value is -0.670. The molecule has 0 radical (unpaired) electrons. The van der Waals surface area contributed by atoms with Crippen LogP contribution >= 0.6 is 0 Å². The van der Waals surface area contributed by atoms with Crippen LogP contribution in [0.15, 0.2) is 0 Å². The van der Waals surface area contributed by atoms with Crippen molar-refractivity contribution in [2.45, 2.75) is 12.3 Å². The number of nitrogens with two attached hydrogens (primary N) is 1. The van der Waals surface area contributed by atoms with E-state index in [1.807, 2.05) is 0 Å². The van der Waals surface area contributed by atoms with Gasteiger partial charge in [0, 0.05) is 6.42 Å². The van der Waals surface area contributed by atoms with Gasteiger partial charge in [-0.25, -0.2) is 8.78 Å². The summed E-state index contributed by atoms with van der Waals surface area (Å²) in [5.74, 6) is -4.86. The van der Waals surface area contributed by atoms with Crippen molar-refractivity contribution in [3.8, 4) is 0 Å². The van der Waals surface area contributed by atoms with E-state index in [0.717, 1.165) is 0 Å². The maximum atomic E-state index is 11.7. The Balaban J connectivity index is 2.48. The summed E-state index contributed by atoms with van der Waals surface area (Å²) in [7, 11) is 0. The van der Waals surface area contributed by atoms with Crippen LogP contribution in [-0.2, 0) is 4.79 Å². The van der Waals surface area contributed by atoms with Gasteiger partial charge in [0.25, 0.3) is 5.92 Å². The molecule has 0 unspecified atom stereocenters. The summed E-state index contributed by atoms with van der Waals surface area (Å²) in [5.41, 5.74) is 4.55. The second-order valence-corrected chi connectivity index (χ2v) is 1.92. The lowest BCUT2D eigenvalue weighted by Gasteiger charge is -1.87. The van der Waals surface area contributed by atoms with Crippen LogP contribution in [0.3, 0.4) is 0 Å². The maximum absolute atomic E-state index is 11.7. The van der Waals surface area contributed by atoms with Crippen molar-refractivity contribution in [2.75, 3.05) is 0 Å². The molecule has 0 bridgehead atoms. The Morgan fingerprint density at radius 1 is 1.75 bits per heavy atom. The Kier molecular flexibility index (Phi) is 0.808. The average molecular weight is 121 g/mol. The molecule has 0 heterocycles. The van der Waals surface area contributed by atoms with Crippen LogP contribution in [0.1, 0.15) is 6.42 Å². The van der Waals surface area contributed by atoms with Gasteiger partial charge >= 0.3 is 0 Å². The molecule has 2 N–H and O–H groups in total. The Morgan fingerprint density at radius 3 is 2.12 bits per heavy atom. The largest absolute Gasteiger partial charge is 0.369 e. The molecule has 0 aliphatic heterocycles. The predicted molar refractivity (Wildman–Crippen MR) is 22.2 cm³/mol. The van der Waals surface area contributed by atoms with Gasteiger partial charge in [-0.1, -0.05) is 0 Å². The fourth-order valence-corrected chi connectivity index (χ4v) is 0.522. The smallest absolute Gasteiger partial charge is 0.260 e. The molecule has 0 aromatic rings. The van der Waals surface area contributed by atoms with E-state index in [0.29, 0.717) is 0 Å². The summed E-state index contributed by atoms with van der Waals surface area (Å²) in [6.07, 6.45) is -0.359. The van der Waals surface area contributed by atoms with Crippen LogP contribution in [-0.4, -0.2) is 11.8 Å². The Bertz CT molecular complexity index is 134. The van der Waals surface area contributed by atoms with Gasteiger partial charge < -0.3 is 5.73 Å². The number of rotatable bonds is 1. The van der Waals surface area contributed by atoms with Gasteiger partial charge in [0.1, 0.15) is 5.92 Å². The van der Waals surface area contributed by atoms with Crippen molar-refractivity contribution in [3.05, 3.63) is 0 Å². The molecule has 1 aliphatic rings. The standard InChI is InChI=1S/C4H5F2NO/c5-4(6)1-2(4)3(7)8/h2H,1H2,(H2,7,8)/t2-/m0/s1. The van der Waals surface area contributed by atoms with E-state index in [1.165, 1.54) is 0 Å². The highest BCUT2D eigenvalue weighted by Crippen LogP contribution is 2.48. The molecule has 1 rings (SSSR count). The van der Waals surface area contributed by atoms with Crippen molar-refractivity contribution in [3.63, 3.8) is 0 Å². The fraction of sp³-hybridized carbons (Fsp3) is 0.750. The SMILES string of the molecule is NC(=O)[C@@H]1CC1(F)F. The molecule has 1 aliphatic carbocycles. The first-order valence-corrected chi connectivity index (χ1v) is 2.21. The number of hydrogen-bond acceptors (Lipinski definition) is 1. The van der Waals surface area contributed by atoms with E-state index in [9.17, 15) is 13.6 Å². The highest BCUT2D eigenvalue weighted by molar-refractivity contribution is 5.80. The second kappa shape index (κ2) is 1.18. The molecular weight excluding hydrogens is 116 g/mol. The molecule has 0 aromatic heterocycles. The number of primary amides is 1. The van der Waals surface area contributed by atoms with Gasteiger partial charge in [-0.05, 0) is 0 Å². The van der Waals surface area contributed by atoms with E-state index in [4.69, 9.17) is 0 Å². The predicted octanol–water partition coefficient (Wildman–Crippen LogP) is 0.127. The van der Waals surface area contributed by atoms with Crippen LogP contribution in [0.2, 0.25) is 0 Å². The van der Waals surface area contributed by atoms with E-state index >= 15 is 0 Å². The molecule has 1 fully saturated rings. The van der Waals surface area contributed by atoms with Crippen molar-refractivity contribution in [1.29, 1.82) is 0 Å². The van der Waals surface area contributed by atoms with Crippen LogP contribution in [0.5, 0.6) is 0 Å². The fourth-order valence-electron chi connectivity index (χ4n) is 0.522. The number of carbonyl (C=O) groups is 1. The van der Waals surface area contributed by atoms with Gasteiger partial charge in [-0.3, -0.25) is 4.79 Å². The molecule has 0 saturated heterocycles. The van der Waals surface area contributed by atoms with Gasteiger partial charge in [-0.2, -0.15) is 0 Å². The molecule has 8 heavy (non-hydrogen) atoms. The Morgan fingerprint density at radius 2 is 2.12 bits per heavy atom. The van der Waals surface area contributed by atoms with Crippen LogP contribution in [0, 0.1) is 5.92 Å². The monoisotopic (exact) mass is 121 g/mol. The van der Waals surface area contributed by atoms with Gasteiger partial charge in [0.05, 0.1) is 0 Å². The molecule has 1 atom stereocenters. The van der Waals surface area contributed by atoms with Crippen molar-refractivity contribution in [2.24, 2.45) is 11.7 Å². The molecule has 0 aromatic carbocycles. The first kappa shape index (κ1) is 5.47. The van der Waals surface area contributed by atoms with Crippen LogP contribution in [0.25, 0.3) is 0 Å². The minimum Gasteiger partial charge on any atom is -0.369 e. The number of amides is 1. The summed E-state index contributed by atoms with van der Waals surface area (Å²) < 4.78 is 23.5. The van der Waals surface area contributed by atoms with Crippen LogP contribution in [0.4, 0.5) is 8.78 Å². The molecule has 4 heteroatoms. The van der Waals surface area contributed by atoms with E-state index in [1.54, 1.807) is 0 Å². The van der Waals surface area contributed by atoms with E-state index in [-0.39, 0.29) is 6.42 Å². The van der Waals surface area contributed by atoms with Gasteiger partial charge in [0.15, 0.2) is 0 Å². The lowest BCUT2D eigenvalue weighted by Crippen LogP contribution is -2.16. The topological polar surface area (TPSA) is 43.1 Å². The van der Waals surface area contributed by atoms with Crippen molar-refractivity contribution < 1.29 is 13.6 Å². The Labute approximate surface area is 44.7 Å². The zero-order chi connectivity index (χ0) is 6.36. The molecule has 0 spiro atoms. The third kappa shape index (κ3) is 0.657. The lowest BCUT2D eigenvalue weighted by atomic mass is 10.4. The van der Waals surface area contributed by atoms with Crippen LogP contribution < -0.4 is 5.73 Å². The van der Waals surface area contributed by atoms with E-state index < -0.39 is 17.7 Å². The summed E-state index contributed by atoms with van der Waals surface area (Å²) >= 11 is 0. The molecule has 1 amide bonds. The van der Waals surface area contributed by atoms with Gasteiger partial charge in [0.2, 0.25) is 5.91 Å². The van der Waals surface area contributed by atoms with Crippen molar-refractivity contribution in [1.82, 2.24) is 0 Å². The average Bonchev–Trinajstić information content (AvgIpc) is 2.13. The summed E-state index contributed by atoms with van der Waals surface area (Å²) in [5, 5.41) is 0. The summed E-state index contributed by atoms with van der Waals surface area (Å²) in [6.45, 7) is 0. The minimum atomic E-state index is -2.79. The number of alkyl halides is 2. The lowest BCUT2D eigenvalue weighted by molar-refractivity contribution is -0.121. The molecular formula is C4H5F2NO. The number of halogens is 2. The molecule has 1 saturated carbocycles. The number of carbonyl (C=O) groups excluding carboxylic acids is 1.